The molecule has 0 spiro atoms. The quantitative estimate of drug-likeness (QED) is 0.0205. The number of esters is 1. The van der Waals surface area contributed by atoms with E-state index in [1.165, 1.54) is 89.9 Å². The average molecular weight is 795 g/mol. The molecule has 0 bridgehead atoms. The van der Waals surface area contributed by atoms with Gasteiger partial charge in [-0.25, -0.2) is 4.18 Å². The van der Waals surface area contributed by atoms with Crippen LogP contribution in [0.2, 0.25) is 0 Å². The maximum Gasteiger partial charge on any atom is 0.397 e. The third-order valence-electron chi connectivity index (χ3n) is 9.87. The Morgan fingerprint density at radius 3 is 1.74 bits per heavy atom. The van der Waals surface area contributed by atoms with Crippen molar-refractivity contribution in [3.05, 3.63) is 12.2 Å². The van der Waals surface area contributed by atoms with Gasteiger partial charge < -0.3 is 34.3 Å². The molecule has 0 amide bonds. The van der Waals surface area contributed by atoms with Crippen LogP contribution in [-0.4, -0.2) is 97.5 Å². The van der Waals surface area contributed by atoms with E-state index in [2.05, 4.69) is 30.2 Å². The van der Waals surface area contributed by atoms with Gasteiger partial charge >= 0.3 is 16.4 Å². The highest BCUT2D eigenvalue weighted by Gasteiger charge is 2.48. The van der Waals surface area contributed by atoms with Crippen LogP contribution in [0.25, 0.3) is 0 Å². The van der Waals surface area contributed by atoms with Crippen molar-refractivity contribution in [1.82, 2.24) is 0 Å². The molecule has 6 atom stereocenters. The molecule has 12 nitrogen and oxygen atoms in total. The van der Waals surface area contributed by atoms with Crippen LogP contribution in [0, 0.1) is 0 Å². The molecule has 4 N–H and O–H groups in total. The van der Waals surface area contributed by atoms with E-state index >= 15 is 0 Å². The zero-order valence-electron chi connectivity index (χ0n) is 33.8. The van der Waals surface area contributed by atoms with Gasteiger partial charge in [0, 0.05) is 13.0 Å². The molecule has 0 aromatic heterocycles. The summed E-state index contributed by atoms with van der Waals surface area (Å²) in [7, 11) is -5.05. The summed E-state index contributed by atoms with van der Waals surface area (Å²) in [5.74, 6) is -0.408. The molecule has 1 aliphatic heterocycles. The maximum atomic E-state index is 12.8. The zero-order valence-corrected chi connectivity index (χ0v) is 34.6. The summed E-state index contributed by atoms with van der Waals surface area (Å²) in [6.45, 7) is 3.93. The average Bonchev–Trinajstić information content (AvgIpc) is 3.14. The molecule has 0 aromatic carbocycles. The number of hydrogen-bond donors (Lipinski definition) is 4. The first-order valence-corrected chi connectivity index (χ1v) is 22.8. The van der Waals surface area contributed by atoms with Crippen LogP contribution in [0.1, 0.15) is 181 Å². The van der Waals surface area contributed by atoms with Crippen LogP contribution in [0.4, 0.5) is 0 Å². The van der Waals surface area contributed by atoms with Crippen LogP contribution < -0.4 is 0 Å². The second-order valence-electron chi connectivity index (χ2n) is 14.9. The number of carbonyl (C=O) groups excluding carboxylic acids is 1. The van der Waals surface area contributed by atoms with Gasteiger partial charge in [-0.15, -0.1) is 0 Å². The Balaban J connectivity index is 2.41. The smallest absolute Gasteiger partial charge is 0.397 e. The fourth-order valence-corrected chi connectivity index (χ4v) is 7.12. The minimum Gasteiger partial charge on any atom is -0.457 e. The second-order valence-corrected chi connectivity index (χ2v) is 16.0. The summed E-state index contributed by atoms with van der Waals surface area (Å²) in [6.07, 6.45) is 25.4. The van der Waals surface area contributed by atoms with Gasteiger partial charge in [0.15, 0.2) is 6.29 Å². The standard InChI is InChI=1S/C41H78O12S/c1-3-5-7-9-11-13-15-16-17-18-19-20-21-23-25-27-29-31-49-33-35(51-37(43)30-28-26-24-22-14-12-10-8-6-4-2)34-50-41-39(45)40(53-54(46,47)48)38(44)36(32-42)52-41/h8,10,35-36,38-42,44-45H,3-7,9,11-34H2,1-2H3,(H,46,47,48)/b10-8-. The fourth-order valence-electron chi connectivity index (χ4n) is 6.62. The lowest BCUT2D eigenvalue weighted by molar-refractivity contribution is -0.301. The van der Waals surface area contributed by atoms with Crippen molar-refractivity contribution >= 4 is 16.4 Å². The highest BCUT2D eigenvalue weighted by Crippen LogP contribution is 2.26. The summed E-state index contributed by atoms with van der Waals surface area (Å²) in [4.78, 5) is 12.8. The Morgan fingerprint density at radius 2 is 1.20 bits per heavy atom. The molecular formula is C41H78O12S. The number of ether oxygens (including phenoxy) is 4. The number of allylic oxidation sites excluding steroid dienone is 2. The first kappa shape index (κ1) is 50.9. The van der Waals surface area contributed by atoms with E-state index in [1.54, 1.807) is 0 Å². The highest BCUT2D eigenvalue weighted by atomic mass is 32.3. The summed E-state index contributed by atoms with van der Waals surface area (Å²) >= 11 is 0. The summed E-state index contributed by atoms with van der Waals surface area (Å²) in [5, 5.41) is 30.6. The predicted octanol–water partition coefficient (Wildman–Crippen LogP) is 8.30. The minimum atomic E-state index is -5.05. The molecule has 54 heavy (non-hydrogen) atoms. The van der Waals surface area contributed by atoms with Crippen molar-refractivity contribution in [2.45, 2.75) is 218 Å². The van der Waals surface area contributed by atoms with Gasteiger partial charge in [0.1, 0.15) is 30.5 Å². The van der Waals surface area contributed by atoms with E-state index in [0.717, 1.165) is 64.2 Å². The molecule has 1 rings (SSSR count). The van der Waals surface area contributed by atoms with Crippen molar-refractivity contribution < 1.29 is 56.2 Å². The van der Waals surface area contributed by atoms with Crippen LogP contribution in [-0.2, 0) is 38.3 Å². The molecule has 1 aliphatic rings. The van der Waals surface area contributed by atoms with E-state index < -0.39 is 59.8 Å². The number of unbranched alkanes of at least 4 members (excludes halogenated alkanes) is 22. The lowest BCUT2D eigenvalue weighted by Crippen LogP contribution is -2.60. The van der Waals surface area contributed by atoms with Crippen molar-refractivity contribution in [1.29, 1.82) is 0 Å². The summed E-state index contributed by atoms with van der Waals surface area (Å²) in [5.41, 5.74) is 0. The third-order valence-corrected chi connectivity index (χ3v) is 10.3. The first-order chi connectivity index (χ1) is 26.1. The second kappa shape index (κ2) is 33.9. The zero-order chi connectivity index (χ0) is 39.7. The monoisotopic (exact) mass is 795 g/mol. The minimum absolute atomic E-state index is 0.0377. The topological polar surface area (TPSA) is 178 Å². The normalized spacial score (nSPS) is 21.2. The van der Waals surface area contributed by atoms with Gasteiger partial charge in [0.2, 0.25) is 0 Å². The van der Waals surface area contributed by atoms with Crippen molar-refractivity contribution in [2.75, 3.05) is 26.4 Å². The van der Waals surface area contributed by atoms with Crippen molar-refractivity contribution in [3.63, 3.8) is 0 Å². The van der Waals surface area contributed by atoms with Gasteiger partial charge in [0.05, 0.1) is 19.8 Å². The Bertz CT molecular complexity index is 1010. The Kier molecular flexibility index (Phi) is 32.0. The van der Waals surface area contributed by atoms with Gasteiger partial charge in [-0.3, -0.25) is 9.35 Å². The summed E-state index contributed by atoms with van der Waals surface area (Å²) in [6, 6.07) is 0. The van der Waals surface area contributed by atoms with E-state index in [4.69, 9.17) is 23.5 Å². The number of rotatable bonds is 37. The molecule has 1 heterocycles. The molecule has 0 saturated carbocycles. The molecule has 1 fully saturated rings. The highest BCUT2D eigenvalue weighted by molar-refractivity contribution is 7.80. The SMILES string of the molecule is CCC/C=C\CCCCCCCC(=O)OC(COCCCCCCCCCCCCCCCCCCC)COC1OC(CO)C(O)C(OS(=O)(=O)O)C1O. The molecule has 0 aliphatic carbocycles. The van der Waals surface area contributed by atoms with E-state index in [-0.39, 0.29) is 19.6 Å². The van der Waals surface area contributed by atoms with Gasteiger partial charge in [0.25, 0.3) is 0 Å². The molecule has 320 valence electrons. The Morgan fingerprint density at radius 1 is 0.685 bits per heavy atom. The van der Waals surface area contributed by atoms with E-state index in [1.807, 2.05) is 0 Å². The first-order valence-electron chi connectivity index (χ1n) is 21.4. The molecule has 6 unspecified atom stereocenters. The number of aliphatic hydroxyl groups is 3. The van der Waals surface area contributed by atoms with Crippen LogP contribution >= 0.6 is 0 Å². The fraction of sp³-hybridized carbons (Fsp3) is 0.927. The van der Waals surface area contributed by atoms with Crippen molar-refractivity contribution in [3.8, 4) is 0 Å². The number of carbonyl (C=O) groups is 1. The molecule has 13 heteroatoms. The summed E-state index contributed by atoms with van der Waals surface area (Å²) < 4.78 is 58.9. The molecule has 1 saturated heterocycles. The molecular weight excluding hydrogens is 717 g/mol. The van der Waals surface area contributed by atoms with E-state index in [9.17, 15) is 28.5 Å². The van der Waals surface area contributed by atoms with Gasteiger partial charge in [-0.05, 0) is 32.1 Å². The lowest BCUT2D eigenvalue weighted by atomic mass is 9.99. The number of aliphatic hydroxyl groups excluding tert-OH is 3. The van der Waals surface area contributed by atoms with Crippen LogP contribution in [0.15, 0.2) is 12.2 Å². The Labute approximate surface area is 328 Å². The maximum absolute atomic E-state index is 12.8. The largest absolute Gasteiger partial charge is 0.457 e. The molecule has 0 radical (unpaired) electrons. The third kappa shape index (κ3) is 27.4. The molecule has 0 aromatic rings. The predicted molar refractivity (Wildman–Crippen MR) is 211 cm³/mol. The lowest BCUT2D eigenvalue weighted by Gasteiger charge is -2.41. The number of hydrogen-bond acceptors (Lipinski definition) is 11. The Hall–Kier alpha value is -1.16. The van der Waals surface area contributed by atoms with Crippen LogP contribution in [0.5, 0.6) is 0 Å². The van der Waals surface area contributed by atoms with Gasteiger partial charge in [-0.2, -0.15) is 8.42 Å². The van der Waals surface area contributed by atoms with E-state index in [0.29, 0.717) is 13.0 Å². The van der Waals surface area contributed by atoms with Crippen LogP contribution in [0.3, 0.4) is 0 Å². The van der Waals surface area contributed by atoms with Gasteiger partial charge in [-0.1, -0.05) is 154 Å². The van der Waals surface area contributed by atoms with Crippen molar-refractivity contribution in [2.24, 2.45) is 0 Å².